The molecule has 0 bridgehead atoms. The molecule has 0 aromatic rings. The number of allylic oxidation sites excluding steroid dienone is 14. The zero-order chi connectivity index (χ0) is 43.3. The summed E-state index contributed by atoms with van der Waals surface area (Å²) in [6.07, 6.45) is 49.2. The van der Waals surface area contributed by atoms with E-state index in [4.69, 9.17) is 23.3 Å². The smallest absolute Gasteiger partial charge is 0.462 e. The van der Waals surface area contributed by atoms with Crippen LogP contribution in [0, 0.1) is 0 Å². The Kier molecular flexibility index (Phi) is 32.6. The van der Waals surface area contributed by atoms with Crippen LogP contribution in [0.15, 0.2) is 97.2 Å². The molecule has 3 unspecified atom stereocenters. The van der Waals surface area contributed by atoms with E-state index in [0.717, 1.165) is 57.8 Å². The first-order valence-electron chi connectivity index (χ1n) is 22.1. The van der Waals surface area contributed by atoms with Crippen LogP contribution < -0.4 is 0 Å². The predicted octanol–water partition coefficient (Wildman–Crippen LogP) is 11.6. The van der Waals surface area contributed by atoms with E-state index in [2.05, 4.69) is 105 Å². The first-order valence-corrected chi connectivity index (χ1v) is 23.6. The van der Waals surface area contributed by atoms with Gasteiger partial charge < -0.3 is 23.6 Å². The summed E-state index contributed by atoms with van der Waals surface area (Å²) in [7, 11) is 1.38. The maximum Gasteiger partial charge on any atom is 0.472 e. The fraction of sp³-hybridized carbons (Fsp3) is 0.625. The lowest BCUT2D eigenvalue weighted by Gasteiger charge is -2.24. The van der Waals surface area contributed by atoms with Crippen molar-refractivity contribution in [3.05, 3.63) is 97.2 Å². The Morgan fingerprint density at radius 1 is 0.627 bits per heavy atom. The van der Waals surface area contributed by atoms with Crippen LogP contribution in [0.4, 0.5) is 0 Å². The summed E-state index contributed by atoms with van der Waals surface area (Å²) >= 11 is 0. The number of carbonyl (C=O) groups is 2. The molecule has 0 spiro atoms. The van der Waals surface area contributed by atoms with Crippen LogP contribution in [-0.2, 0) is 37.4 Å². The molecule has 0 amide bonds. The number of likely N-dealkylation sites (N-methyl/N-ethyl adjacent to an activating group) is 1. The SMILES string of the molecule is CC/C=C\C/C=C\C/C=C\C/C=C\C/C=C\CCCC(=O)O[C@H](COC(=O)CCC/C=C\CC1OC1C/C=C\C/C=C\CCCCC)COP(=O)(O)OCC[N+](C)(C)C. The minimum Gasteiger partial charge on any atom is -0.462 e. The van der Waals surface area contributed by atoms with Crippen molar-refractivity contribution in [3.8, 4) is 0 Å². The summed E-state index contributed by atoms with van der Waals surface area (Å²) in [5.74, 6) is -0.952. The predicted molar refractivity (Wildman–Crippen MR) is 242 cm³/mol. The highest BCUT2D eigenvalue weighted by Crippen LogP contribution is 2.43. The number of unbranched alkanes of at least 4 members (excludes halogenated alkanes) is 5. The minimum absolute atomic E-state index is 0.00390. The molecule has 0 saturated carbocycles. The average Bonchev–Trinajstić information content (AvgIpc) is 3.94. The number of phosphoric ester groups is 1. The van der Waals surface area contributed by atoms with E-state index in [9.17, 15) is 19.0 Å². The molecule has 59 heavy (non-hydrogen) atoms. The van der Waals surface area contributed by atoms with Crippen LogP contribution in [0.1, 0.15) is 129 Å². The second-order valence-corrected chi connectivity index (χ2v) is 17.2. The minimum atomic E-state index is -4.42. The molecule has 0 aliphatic carbocycles. The van der Waals surface area contributed by atoms with Crippen molar-refractivity contribution in [1.29, 1.82) is 0 Å². The Morgan fingerprint density at radius 3 is 1.64 bits per heavy atom. The Labute approximate surface area is 358 Å². The van der Waals surface area contributed by atoms with Crippen LogP contribution in [0.25, 0.3) is 0 Å². The molecule has 1 fully saturated rings. The zero-order valence-corrected chi connectivity index (χ0v) is 38.0. The van der Waals surface area contributed by atoms with E-state index in [0.29, 0.717) is 36.7 Å². The third-order valence-electron chi connectivity index (χ3n) is 9.00. The summed E-state index contributed by atoms with van der Waals surface area (Å²) in [4.78, 5) is 35.4. The lowest BCUT2D eigenvalue weighted by molar-refractivity contribution is -0.870. The molecule has 1 heterocycles. The summed E-state index contributed by atoms with van der Waals surface area (Å²) < 4.78 is 40.0. The Morgan fingerprint density at radius 2 is 1.10 bits per heavy atom. The van der Waals surface area contributed by atoms with Gasteiger partial charge in [0.05, 0.1) is 40.0 Å². The molecule has 0 aromatic carbocycles. The van der Waals surface area contributed by atoms with Crippen molar-refractivity contribution in [2.24, 2.45) is 0 Å². The molecule has 0 aromatic heterocycles. The van der Waals surface area contributed by atoms with Gasteiger partial charge in [-0.15, -0.1) is 0 Å². The Hall–Kier alpha value is -3.11. The Balaban J connectivity index is 2.39. The molecule has 334 valence electrons. The molecule has 1 aliphatic rings. The summed E-state index contributed by atoms with van der Waals surface area (Å²) in [6, 6.07) is 0. The quantitative estimate of drug-likeness (QED) is 0.0163. The monoisotopic (exact) mass is 845 g/mol. The Bertz CT molecular complexity index is 1390. The molecule has 4 atom stereocenters. The number of nitrogens with zero attached hydrogens (tertiary/aromatic N) is 1. The summed E-state index contributed by atoms with van der Waals surface area (Å²) in [5.41, 5.74) is 0. The van der Waals surface area contributed by atoms with Gasteiger partial charge in [-0.05, 0) is 89.9 Å². The van der Waals surface area contributed by atoms with E-state index in [1.807, 2.05) is 27.2 Å². The van der Waals surface area contributed by atoms with E-state index in [-0.39, 0.29) is 38.3 Å². The summed E-state index contributed by atoms with van der Waals surface area (Å²) in [5, 5.41) is 0. The number of ether oxygens (including phenoxy) is 3. The van der Waals surface area contributed by atoms with Crippen molar-refractivity contribution in [3.63, 3.8) is 0 Å². The zero-order valence-electron chi connectivity index (χ0n) is 37.1. The lowest BCUT2D eigenvalue weighted by Crippen LogP contribution is -2.37. The van der Waals surface area contributed by atoms with Gasteiger partial charge in [0.2, 0.25) is 0 Å². The topological polar surface area (TPSA) is 121 Å². The molecule has 1 N–H and O–H groups in total. The first-order chi connectivity index (χ1) is 28.5. The number of quaternary nitrogens is 1. The fourth-order valence-corrected chi connectivity index (χ4v) is 6.18. The van der Waals surface area contributed by atoms with Crippen molar-refractivity contribution in [1.82, 2.24) is 0 Å². The van der Waals surface area contributed by atoms with E-state index in [1.54, 1.807) is 0 Å². The van der Waals surface area contributed by atoms with Crippen LogP contribution in [0.3, 0.4) is 0 Å². The van der Waals surface area contributed by atoms with Gasteiger partial charge in [0.15, 0.2) is 6.10 Å². The van der Waals surface area contributed by atoms with Gasteiger partial charge in [-0.1, -0.05) is 124 Å². The second-order valence-electron chi connectivity index (χ2n) is 15.7. The number of hydrogen-bond donors (Lipinski definition) is 1. The number of hydrogen-bond acceptors (Lipinski definition) is 8. The van der Waals surface area contributed by atoms with Gasteiger partial charge in [-0.2, -0.15) is 0 Å². The van der Waals surface area contributed by atoms with Crippen LogP contribution >= 0.6 is 7.82 Å². The lowest BCUT2D eigenvalue weighted by atomic mass is 10.1. The molecular formula is C48H79NO9P+. The molecule has 10 nitrogen and oxygen atoms in total. The molecule has 1 saturated heterocycles. The molecule has 1 rings (SSSR count). The van der Waals surface area contributed by atoms with E-state index < -0.39 is 32.5 Å². The highest BCUT2D eigenvalue weighted by Gasteiger charge is 2.36. The van der Waals surface area contributed by atoms with E-state index >= 15 is 0 Å². The van der Waals surface area contributed by atoms with Crippen molar-refractivity contribution >= 4 is 19.8 Å². The van der Waals surface area contributed by atoms with Gasteiger partial charge in [0.25, 0.3) is 0 Å². The second kappa shape index (κ2) is 35.6. The van der Waals surface area contributed by atoms with Crippen LogP contribution in [0.2, 0.25) is 0 Å². The number of phosphoric acid groups is 1. The number of rotatable bonds is 37. The summed E-state index contributed by atoms with van der Waals surface area (Å²) in [6.45, 7) is 4.10. The highest BCUT2D eigenvalue weighted by atomic mass is 31.2. The number of carbonyl (C=O) groups excluding carboxylic acids is 2. The maximum absolute atomic E-state index is 12.7. The molecule has 0 radical (unpaired) electrons. The average molecular weight is 845 g/mol. The molecule has 1 aliphatic heterocycles. The highest BCUT2D eigenvalue weighted by molar-refractivity contribution is 7.47. The van der Waals surface area contributed by atoms with Crippen molar-refractivity contribution in [2.75, 3.05) is 47.5 Å². The van der Waals surface area contributed by atoms with Gasteiger partial charge in [0, 0.05) is 12.8 Å². The van der Waals surface area contributed by atoms with Crippen molar-refractivity contribution in [2.45, 2.75) is 148 Å². The number of epoxide rings is 1. The first kappa shape index (κ1) is 53.9. The van der Waals surface area contributed by atoms with Crippen LogP contribution in [-0.4, -0.2) is 87.1 Å². The van der Waals surface area contributed by atoms with Crippen molar-refractivity contribution < 1.29 is 46.8 Å². The largest absolute Gasteiger partial charge is 0.472 e. The van der Waals surface area contributed by atoms with E-state index in [1.165, 1.54) is 19.3 Å². The third-order valence-corrected chi connectivity index (χ3v) is 9.98. The molecule has 11 heteroatoms. The standard InChI is InChI=1S/C48H78NO9P/c1-6-8-10-12-14-16-17-18-19-20-21-22-23-25-27-29-35-39-48(51)57-44(43-56-59(52,53)55-41-40-49(3,4)5)42-54-47(50)38-34-31-30-33-37-46-45(58-46)36-32-28-26-24-15-13-11-9-7-2/h8,10,14-16,18-19,21-22,24-25,27-28,30,32-33,44-46H,6-7,9,11-13,17,20,23,26,29,31,34-43H2,1-5H3/p+1/b10-8-,16-14-,19-18-,22-21-,24-15-,27-25-,32-28-,33-30-/t44-,45?,46?/m1/s1. The van der Waals surface area contributed by atoms with Gasteiger partial charge in [-0.25, -0.2) is 4.57 Å². The van der Waals surface area contributed by atoms with Gasteiger partial charge in [-0.3, -0.25) is 18.6 Å². The van der Waals surface area contributed by atoms with Gasteiger partial charge in [0.1, 0.15) is 19.8 Å². The third kappa shape index (κ3) is 36.5. The maximum atomic E-state index is 12.7. The normalized spacial score (nSPS) is 17.9. The number of esters is 2. The van der Waals surface area contributed by atoms with Gasteiger partial charge >= 0.3 is 19.8 Å². The fourth-order valence-electron chi connectivity index (χ4n) is 5.43. The van der Waals surface area contributed by atoms with Crippen LogP contribution in [0.5, 0.6) is 0 Å². The molecular weight excluding hydrogens is 766 g/mol.